The van der Waals surface area contributed by atoms with E-state index in [1.165, 1.54) is 25.7 Å². The van der Waals surface area contributed by atoms with Crippen molar-refractivity contribution in [1.29, 1.82) is 0 Å². The lowest BCUT2D eigenvalue weighted by Crippen LogP contribution is -2.15. The Kier molecular flexibility index (Phi) is 12.6. The van der Waals surface area contributed by atoms with Gasteiger partial charge < -0.3 is 9.53 Å². The molecule has 0 heterocycles. The second-order valence-electron chi connectivity index (χ2n) is 7.39. The second-order valence-corrected chi connectivity index (χ2v) is 7.39. The Hall–Kier alpha value is -1.58. The van der Waals surface area contributed by atoms with Crippen LogP contribution in [0.25, 0.3) is 0 Å². The third-order valence-electron chi connectivity index (χ3n) is 4.88. The first-order valence-corrected chi connectivity index (χ1v) is 10.8. The molecule has 0 bridgehead atoms. The summed E-state index contributed by atoms with van der Waals surface area (Å²) in [5.41, 5.74) is 1.01. The van der Waals surface area contributed by atoms with Crippen molar-refractivity contribution in [2.24, 2.45) is 5.92 Å². The Morgan fingerprint density at radius 2 is 1.67 bits per heavy atom. The van der Waals surface area contributed by atoms with Crippen LogP contribution in [0.4, 0.5) is 0 Å². The zero-order valence-corrected chi connectivity index (χ0v) is 17.5. The van der Waals surface area contributed by atoms with E-state index in [0.717, 1.165) is 38.4 Å². The van der Waals surface area contributed by atoms with Crippen LogP contribution in [0.1, 0.15) is 99.3 Å². The maximum atomic E-state index is 12.4. The van der Waals surface area contributed by atoms with Crippen LogP contribution in [0.5, 0.6) is 0 Å². The van der Waals surface area contributed by atoms with E-state index in [2.05, 4.69) is 20.8 Å². The Bertz CT molecular complexity index is 556. The van der Waals surface area contributed by atoms with E-state index in [4.69, 9.17) is 4.74 Å². The molecule has 3 nitrogen and oxygen atoms in total. The molecule has 1 aromatic carbocycles. The van der Waals surface area contributed by atoms with Gasteiger partial charge in [0.2, 0.25) is 7.28 Å². The first kappa shape index (κ1) is 23.5. The summed E-state index contributed by atoms with van der Waals surface area (Å²) in [6.45, 7) is 6.96. The van der Waals surface area contributed by atoms with E-state index in [1.54, 1.807) is 31.5 Å². The van der Waals surface area contributed by atoms with Crippen LogP contribution < -0.4 is 0 Å². The van der Waals surface area contributed by atoms with Crippen LogP contribution >= 0.6 is 0 Å². The van der Waals surface area contributed by atoms with Crippen molar-refractivity contribution in [3.63, 3.8) is 0 Å². The molecule has 0 aliphatic carbocycles. The summed E-state index contributed by atoms with van der Waals surface area (Å²) >= 11 is 0. The molecule has 0 amide bonds. The van der Waals surface area contributed by atoms with Crippen molar-refractivity contribution in [1.82, 2.24) is 0 Å². The maximum absolute atomic E-state index is 12.4. The number of esters is 1. The lowest BCUT2D eigenvalue weighted by molar-refractivity contribution is 0.0423. The van der Waals surface area contributed by atoms with Crippen LogP contribution in [-0.2, 0) is 4.74 Å². The summed E-state index contributed by atoms with van der Waals surface area (Å²) in [6, 6.07) is 6.89. The van der Waals surface area contributed by atoms with Gasteiger partial charge in [0.25, 0.3) is 0 Å². The number of carbonyl (C=O) groups is 2. The van der Waals surface area contributed by atoms with Crippen molar-refractivity contribution < 1.29 is 14.3 Å². The van der Waals surface area contributed by atoms with Crippen LogP contribution in [-0.4, -0.2) is 25.5 Å². The fraction of sp³-hybridized carbons (Fsp3) is 0.652. The molecule has 0 aromatic heterocycles. The molecule has 1 atom stereocenters. The van der Waals surface area contributed by atoms with Crippen molar-refractivity contribution in [2.45, 2.75) is 84.9 Å². The van der Waals surface area contributed by atoms with Gasteiger partial charge in [-0.15, -0.1) is 0 Å². The first-order chi connectivity index (χ1) is 13.1. The Labute approximate surface area is 166 Å². The molecule has 27 heavy (non-hydrogen) atoms. The number of benzene rings is 1. The number of ether oxygens (including phenoxy) is 1. The molecular weight excluding hydrogens is 335 g/mol. The topological polar surface area (TPSA) is 43.4 Å². The number of hydrogen-bond donors (Lipinski definition) is 0. The van der Waals surface area contributed by atoms with Gasteiger partial charge in [-0.1, -0.05) is 84.2 Å². The van der Waals surface area contributed by atoms with Crippen LogP contribution in [0.3, 0.4) is 0 Å². The summed E-state index contributed by atoms with van der Waals surface area (Å²) in [6.07, 6.45) is 11.1. The zero-order valence-electron chi connectivity index (χ0n) is 17.5. The highest BCUT2D eigenvalue weighted by molar-refractivity contribution is 6.77. The minimum atomic E-state index is -0.326. The van der Waals surface area contributed by atoms with E-state index in [9.17, 15) is 9.59 Å². The molecule has 0 spiro atoms. The Morgan fingerprint density at radius 1 is 0.926 bits per heavy atom. The maximum Gasteiger partial charge on any atom is 0.338 e. The predicted molar refractivity (Wildman–Crippen MR) is 114 cm³/mol. The molecule has 0 saturated heterocycles. The zero-order chi connectivity index (χ0) is 19.9. The van der Waals surface area contributed by atoms with Crippen LogP contribution in [0, 0.1) is 5.92 Å². The molecule has 4 heteroatoms. The highest BCUT2D eigenvalue weighted by atomic mass is 16.5. The summed E-state index contributed by atoms with van der Waals surface area (Å²) in [4.78, 5) is 24.6. The summed E-state index contributed by atoms with van der Waals surface area (Å²) < 4.78 is 5.57. The lowest BCUT2D eigenvalue weighted by Gasteiger charge is -2.16. The van der Waals surface area contributed by atoms with Crippen molar-refractivity contribution in [3.8, 4) is 0 Å². The third-order valence-corrected chi connectivity index (χ3v) is 4.88. The van der Waals surface area contributed by atoms with E-state index in [1.807, 2.05) is 0 Å². The minimum Gasteiger partial charge on any atom is -0.462 e. The van der Waals surface area contributed by atoms with Gasteiger partial charge in [-0.05, 0) is 30.9 Å². The molecule has 1 rings (SSSR count). The van der Waals surface area contributed by atoms with Crippen molar-refractivity contribution in [2.75, 3.05) is 6.61 Å². The van der Waals surface area contributed by atoms with Crippen molar-refractivity contribution in [3.05, 3.63) is 35.4 Å². The van der Waals surface area contributed by atoms with Gasteiger partial charge in [-0.2, -0.15) is 0 Å². The number of rotatable bonds is 15. The quantitative estimate of drug-likeness (QED) is 0.207. The number of unbranched alkanes of at least 4 members (excludes halogenated alkanes) is 4. The summed E-state index contributed by atoms with van der Waals surface area (Å²) in [5.74, 6) is 0.107. The standard InChI is InChI=1S/C23H36BO3/c1-4-7-9-10-13-19(12-6-3)18-27-23(26)21-15-11-14-20(17-21)22(25)24-16-8-5-2/h11,14-15,17,19H,4-10,12-13,16,18H2,1-3H3. The Morgan fingerprint density at radius 3 is 2.37 bits per heavy atom. The summed E-state index contributed by atoms with van der Waals surface area (Å²) in [5, 5.41) is 0. The number of carbonyl (C=O) groups excluding carboxylic acids is 2. The minimum absolute atomic E-state index is 0.0158. The highest BCUT2D eigenvalue weighted by Gasteiger charge is 2.15. The predicted octanol–water partition coefficient (Wildman–Crippen LogP) is 6.29. The monoisotopic (exact) mass is 371 g/mol. The van der Waals surface area contributed by atoms with E-state index in [0.29, 0.717) is 23.7 Å². The fourth-order valence-electron chi connectivity index (χ4n) is 3.21. The molecule has 0 N–H and O–H groups in total. The summed E-state index contributed by atoms with van der Waals surface area (Å²) in [7, 11) is 1.71. The van der Waals surface area contributed by atoms with E-state index >= 15 is 0 Å². The van der Waals surface area contributed by atoms with Crippen LogP contribution in [0.15, 0.2) is 24.3 Å². The molecule has 0 saturated carbocycles. The van der Waals surface area contributed by atoms with E-state index < -0.39 is 0 Å². The largest absolute Gasteiger partial charge is 0.462 e. The SMILES string of the molecule is CCCC[B]C(=O)c1cccc(C(=O)OCC(CCC)CCCCCC)c1. The molecule has 1 radical (unpaired) electrons. The third kappa shape index (κ3) is 9.79. The Balaban J connectivity index is 2.54. The van der Waals surface area contributed by atoms with Crippen LogP contribution in [0.2, 0.25) is 6.32 Å². The van der Waals surface area contributed by atoms with Gasteiger partial charge in [-0.3, -0.25) is 0 Å². The van der Waals surface area contributed by atoms with Gasteiger partial charge in [0, 0.05) is 5.56 Å². The normalized spacial score (nSPS) is 11.8. The van der Waals surface area contributed by atoms with Gasteiger partial charge in [0.15, 0.2) is 0 Å². The van der Waals surface area contributed by atoms with Gasteiger partial charge in [0.1, 0.15) is 5.68 Å². The molecular formula is C23H36BO3. The molecule has 0 fully saturated rings. The average molecular weight is 371 g/mol. The number of hydrogen-bond acceptors (Lipinski definition) is 3. The molecule has 149 valence electrons. The molecule has 0 aliphatic rings. The van der Waals surface area contributed by atoms with Gasteiger partial charge >= 0.3 is 5.97 Å². The molecule has 0 aliphatic heterocycles. The smallest absolute Gasteiger partial charge is 0.338 e. The molecule has 1 aromatic rings. The van der Waals surface area contributed by atoms with E-state index in [-0.39, 0.29) is 11.7 Å². The lowest BCUT2D eigenvalue weighted by atomic mass is 9.66. The van der Waals surface area contributed by atoms with Crippen molar-refractivity contribution >= 4 is 18.9 Å². The first-order valence-electron chi connectivity index (χ1n) is 10.8. The average Bonchev–Trinajstić information content (AvgIpc) is 2.69. The fourth-order valence-corrected chi connectivity index (χ4v) is 3.21. The second kappa shape index (κ2) is 14.5. The van der Waals surface area contributed by atoms with Gasteiger partial charge in [0.05, 0.1) is 12.2 Å². The highest BCUT2D eigenvalue weighted by Crippen LogP contribution is 2.18. The molecule has 1 unspecified atom stereocenters. The van der Waals surface area contributed by atoms with Gasteiger partial charge in [-0.25, -0.2) is 4.79 Å².